The van der Waals surface area contributed by atoms with Crippen molar-refractivity contribution >= 4 is 138 Å². The number of nitrogens with one attached hydrogen (secondary N) is 2. The molecule has 8 aromatic heterocycles. The molecule has 4 aliphatic carbocycles. The van der Waals surface area contributed by atoms with Gasteiger partial charge in [-0.15, -0.1) is 34.4 Å². The predicted molar refractivity (Wildman–Crippen MR) is 518 cm³/mol. The summed E-state index contributed by atoms with van der Waals surface area (Å²) in [6.07, 6.45) is 18.0. The summed E-state index contributed by atoms with van der Waals surface area (Å²) in [6.45, 7) is -0.508. The minimum absolute atomic E-state index is 0.00341. The van der Waals surface area contributed by atoms with Crippen molar-refractivity contribution in [1.29, 1.82) is 0 Å². The molecule has 4 aliphatic rings. The van der Waals surface area contributed by atoms with Crippen molar-refractivity contribution in [3.8, 4) is 11.5 Å². The van der Waals surface area contributed by atoms with Crippen LogP contribution in [-0.2, 0) is 96.7 Å². The molecule has 0 spiro atoms. The highest BCUT2D eigenvalue weighted by Crippen LogP contribution is 2.39. The van der Waals surface area contributed by atoms with Gasteiger partial charge >= 0.3 is 41.2 Å². The van der Waals surface area contributed by atoms with Gasteiger partial charge in [0.2, 0.25) is 23.1 Å². The van der Waals surface area contributed by atoms with Gasteiger partial charge in [0.15, 0.2) is 23.0 Å². The lowest BCUT2D eigenvalue weighted by molar-refractivity contribution is 0.0997. The molecule has 0 radical (unpaired) electrons. The van der Waals surface area contributed by atoms with Gasteiger partial charge in [-0.05, 0) is 206 Å². The van der Waals surface area contributed by atoms with Crippen LogP contribution in [0.3, 0.4) is 0 Å². The second-order valence-electron chi connectivity index (χ2n) is 33.6. The molecule has 12 atom stereocenters. The fraction of sp³-hybridized carbons (Fsp3) is 0.348. The quantitative estimate of drug-likeness (QED) is 0.0126. The van der Waals surface area contributed by atoms with Crippen LogP contribution in [0.25, 0.3) is 0 Å². The molecule has 38 nitrogen and oxygen atoms in total. The van der Waals surface area contributed by atoms with Crippen LogP contribution in [0.15, 0.2) is 213 Å². The first-order valence-corrected chi connectivity index (χ1v) is 53.3. The number of thiophene rings is 2. The largest absolute Gasteiger partial charge is 0.493 e. The summed E-state index contributed by atoms with van der Waals surface area (Å²) in [7, 11) is -14.7. The van der Waals surface area contributed by atoms with Crippen molar-refractivity contribution in [3.05, 3.63) is 298 Å². The molecule has 0 saturated heterocycles. The Hall–Kier alpha value is -10.5. The first kappa shape index (κ1) is 106. The first-order chi connectivity index (χ1) is 66.3. The van der Waals surface area contributed by atoms with E-state index in [1.165, 1.54) is 83.3 Å². The minimum atomic E-state index is -4.09. The average molecular weight is 2130 g/mol. The Balaban J connectivity index is 0.000000156. The molecule has 8 heterocycles. The molecule has 12 aromatic rings. The number of nitrogens with zero attached hydrogens (tertiary/aromatic N) is 8. The molecule has 14 N–H and O–H groups in total. The number of para-hydroxylation sites is 2. The summed E-state index contributed by atoms with van der Waals surface area (Å²) in [6, 6.07) is 39.2. The van der Waals surface area contributed by atoms with Crippen LogP contribution < -0.4 is 40.7 Å². The van der Waals surface area contributed by atoms with Crippen LogP contribution in [0.2, 0.25) is 5.02 Å². The van der Waals surface area contributed by atoms with E-state index in [4.69, 9.17) is 50.5 Å². The number of furan rings is 2. The SMILES string of the molecule is COc1ccccc1OCc1csc(C(=O)c2cncnc2C[C@@H]2C[C@H](COS(N)(=O)=O)[C@@H](O)C2)c1.CSc1cccc(Cc2csc(C(=O)c3cncnc3C[C@@H]3C[C@H](COS(N)(=O)=O)[C@@H](O)C3)c2)c1.NS(=O)(=O)OC[C@H]1C[C@@H](Nc2ncncc2C(=O)c2cc(Cc3cccc(Cl)c3)co2)C[C@@H]1O.NS(=O)(=O)OC[C@H]1C[C@@H](Nc2ncncc2C(=O)c2ccc(Cc3cccc(Br)c3)o2)C[C@@H]1O. The lowest BCUT2D eigenvalue weighted by Crippen LogP contribution is -2.24. The molecule has 738 valence electrons. The van der Waals surface area contributed by atoms with Gasteiger partial charge in [-0.25, -0.2) is 60.4 Å². The van der Waals surface area contributed by atoms with Gasteiger partial charge < -0.3 is 49.4 Å². The van der Waals surface area contributed by atoms with Gasteiger partial charge in [0, 0.05) is 93.3 Å². The van der Waals surface area contributed by atoms with E-state index in [0.29, 0.717) is 137 Å². The molecule has 0 unspecified atom stereocenters. The second kappa shape index (κ2) is 48.8. The zero-order valence-electron chi connectivity index (χ0n) is 74.6. The van der Waals surface area contributed by atoms with Gasteiger partial charge in [-0.3, -0.25) is 35.9 Å². The molecule has 4 fully saturated rings. The zero-order chi connectivity index (χ0) is 99.3. The van der Waals surface area contributed by atoms with E-state index in [1.807, 2.05) is 95.9 Å². The van der Waals surface area contributed by atoms with E-state index < -0.39 is 83.3 Å². The van der Waals surface area contributed by atoms with Gasteiger partial charge in [-0.2, -0.15) is 33.7 Å². The van der Waals surface area contributed by atoms with Crippen LogP contribution in [0.4, 0.5) is 11.6 Å². The fourth-order valence-electron chi connectivity index (χ4n) is 16.7. The molecular formula is C92H100BrClN14O24S7. The van der Waals surface area contributed by atoms with Crippen LogP contribution in [-0.4, -0.2) is 193 Å². The minimum Gasteiger partial charge on any atom is -0.493 e. The Morgan fingerprint density at radius 1 is 0.475 bits per heavy atom. The highest BCUT2D eigenvalue weighted by atomic mass is 79.9. The fourth-order valence-corrected chi connectivity index (χ4v) is 21.1. The molecule has 0 aliphatic heterocycles. The van der Waals surface area contributed by atoms with E-state index in [1.54, 1.807) is 55.4 Å². The zero-order valence-corrected chi connectivity index (χ0v) is 82.6. The third-order valence-corrected chi connectivity index (χ3v) is 28.6. The summed E-state index contributed by atoms with van der Waals surface area (Å²) in [5.41, 5.74) is 8.45. The Bertz CT molecular complexity index is 6570. The number of nitrogens with two attached hydrogens (primary N) is 4. The van der Waals surface area contributed by atoms with E-state index in [9.17, 15) is 73.3 Å². The molecule has 0 bridgehead atoms. The summed E-state index contributed by atoms with van der Waals surface area (Å²) in [5.74, 6) is 0.159. The van der Waals surface area contributed by atoms with Gasteiger partial charge in [0.1, 0.15) is 49.3 Å². The topological polar surface area (TPSA) is 599 Å². The highest BCUT2D eigenvalue weighted by Gasteiger charge is 2.40. The summed E-state index contributed by atoms with van der Waals surface area (Å²) < 4.78 is 130. The van der Waals surface area contributed by atoms with Crippen molar-refractivity contribution in [3.63, 3.8) is 0 Å². The molecular weight excluding hydrogens is 2020 g/mol. The number of anilines is 2. The second-order valence-corrected chi connectivity index (χ2v) is 42.5. The van der Waals surface area contributed by atoms with E-state index in [-0.39, 0.29) is 115 Å². The number of ketones is 4. The number of hydrogen-bond donors (Lipinski definition) is 10. The predicted octanol–water partition coefficient (Wildman–Crippen LogP) is 10.5. The Morgan fingerprint density at radius 2 is 0.921 bits per heavy atom. The molecule has 4 aromatic carbocycles. The average Bonchev–Trinajstić information content (AvgIpc) is 1.70. The number of benzene rings is 4. The number of hydrogen-bond acceptors (Lipinski definition) is 37. The highest BCUT2D eigenvalue weighted by molar-refractivity contribution is 9.10. The number of aromatic nitrogens is 8. The number of aliphatic hydroxyl groups excluding tert-OH is 4. The molecule has 0 amide bonds. The normalized spacial score (nSPS) is 20.2. The molecule has 47 heteroatoms. The Morgan fingerprint density at radius 3 is 1.42 bits per heavy atom. The number of rotatable bonds is 39. The number of aliphatic hydroxyl groups is 4. The van der Waals surface area contributed by atoms with Gasteiger partial charge in [-0.1, -0.05) is 76.1 Å². The maximum atomic E-state index is 13.3. The van der Waals surface area contributed by atoms with E-state index in [0.717, 1.165) is 38.7 Å². The van der Waals surface area contributed by atoms with Crippen molar-refractivity contribution in [2.75, 3.05) is 50.4 Å². The Kier molecular flexibility index (Phi) is 37.1. The van der Waals surface area contributed by atoms with E-state index >= 15 is 0 Å². The number of methoxy groups -OCH3 is 1. The van der Waals surface area contributed by atoms with Crippen LogP contribution in [0.5, 0.6) is 11.5 Å². The van der Waals surface area contributed by atoms with Crippen LogP contribution >= 0.6 is 62.0 Å². The summed E-state index contributed by atoms with van der Waals surface area (Å²) in [4.78, 5) is 88.3. The van der Waals surface area contributed by atoms with Crippen LogP contribution in [0.1, 0.15) is 165 Å². The number of ether oxygens (including phenoxy) is 2. The van der Waals surface area contributed by atoms with Gasteiger partial charge in [0.05, 0.1) is 108 Å². The number of carbonyl (C=O) groups excluding carboxylic acids is 4. The van der Waals surface area contributed by atoms with Crippen LogP contribution in [0, 0.1) is 35.5 Å². The van der Waals surface area contributed by atoms with E-state index in [2.05, 4.69) is 101 Å². The maximum absolute atomic E-state index is 13.3. The van der Waals surface area contributed by atoms with Crippen molar-refractivity contribution in [2.45, 2.75) is 131 Å². The third-order valence-electron chi connectivity index (χ3n) is 23.3. The maximum Gasteiger partial charge on any atom is 0.333 e. The monoisotopic (exact) mass is 2120 g/mol. The van der Waals surface area contributed by atoms with Gasteiger partial charge in [0.25, 0.3) is 0 Å². The van der Waals surface area contributed by atoms with Crippen molar-refractivity contribution in [1.82, 2.24) is 39.9 Å². The summed E-state index contributed by atoms with van der Waals surface area (Å²) in [5, 5.41) is 71.5. The molecule has 16 rings (SSSR count). The number of thioether (sulfide) groups is 1. The molecule has 4 saturated carbocycles. The Labute approximate surface area is 827 Å². The van der Waals surface area contributed by atoms with Crippen molar-refractivity contribution in [2.24, 2.45) is 56.1 Å². The lowest BCUT2D eigenvalue weighted by atomic mass is 9.96. The first-order valence-electron chi connectivity index (χ1n) is 43.3. The number of halogens is 2. The smallest absolute Gasteiger partial charge is 0.333 e. The summed E-state index contributed by atoms with van der Waals surface area (Å²) >= 11 is 13.9. The standard InChI is InChI=1S/C24H27N3O7S2.C24H27N3O5S3.C22H23BrN4O6S.C22H23ClN4O6S/c1-32-21-4-2-3-5-22(21)33-11-16-9-23(35-13-16)24(29)18-10-26-14-27-19(18)7-15-6-17(20(28)8-15)12-34-36(25,30)31;1-33-19-4-2-3-15(7-19)5-17-10-23(34-13-17)24(29)20-11-26-14-27-21(20)8-16-6-18(22(28)9-16)12-32-35(25,30)31;23-15-3-1-2-13(6-15)7-17-4-5-20(33-17)21(29)18-10-25-12-26-22(18)27-16-8-14(19(28)9-16)11-32-34(24,30)31;23-16-3-1-2-13(5-16)4-14-6-20(32-10-14)21(29)18-9-25-12-26-22(18)27-17-7-15(19(28)8-17)11-33-34(24,30)31/h2-5,9-10,13-15,17,20,28H,6-8,11-12H2,1H3,(H2,25,30,31);2-4,7,10-11,13-14,16,18,22,28H,5-6,8-9,12H2,1H3,(H2,25,30,31);1-6,10,12,14,16,19,28H,7-9,11H2,(H2,24,30,31)(H,25,26,27);1-3,5-6,9-10,12,15,17,19,28H,4,7-8,11H2,(H2,24,30,31)(H,25,26,27)/t15-,17+,20-;16-,18+,22-;14-,16-,19+;15-,17-,19+/m0011/s1. The number of carbonyl (C=O) groups is 4. The van der Waals surface area contributed by atoms with Crippen molar-refractivity contribution < 1.29 is 108 Å². The third kappa shape index (κ3) is 31.7. The molecule has 139 heavy (non-hydrogen) atoms. The lowest BCUT2D eigenvalue weighted by Gasteiger charge is -2.15.